The van der Waals surface area contributed by atoms with Crippen molar-refractivity contribution in [2.45, 2.75) is 0 Å². The van der Waals surface area contributed by atoms with Crippen LogP contribution in [0.3, 0.4) is 0 Å². The summed E-state index contributed by atoms with van der Waals surface area (Å²) in [6, 6.07) is 3.33. The lowest BCUT2D eigenvalue weighted by Crippen LogP contribution is -2.23. The van der Waals surface area contributed by atoms with Crippen LogP contribution < -0.4 is 10.1 Å². The van der Waals surface area contributed by atoms with Crippen molar-refractivity contribution >= 4 is 40.1 Å². The molecule has 1 amide bonds. The molecule has 0 saturated carbocycles. The topological polar surface area (TPSA) is 38.3 Å². The summed E-state index contributed by atoms with van der Waals surface area (Å²) in [6.07, 6.45) is 1.61. The highest BCUT2D eigenvalue weighted by atomic mass is 127. The number of carbonyl (C=O) groups is 1. The lowest BCUT2D eigenvalue weighted by atomic mass is 10.2. The number of ether oxygens (including phenoxy) is 1. The van der Waals surface area contributed by atoms with E-state index < -0.39 is 0 Å². The Morgan fingerprint density at radius 2 is 2.38 bits per heavy atom. The summed E-state index contributed by atoms with van der Waals surface area (Å²) in [4.78, 5) is 11.7. The minimum atomic E-state index is -0.227. The van der Waals surface area contributed by atoms with Crippen LogP contribution in [0.15, 0.2) is 24.8 Å². The SMILES string of the molecule is C=CCNC(=O)c1cc(Cl)c(I)cc1OC. The van der Waals surface area contributed by atoms with Crippen molar-refractivity contribution in [3.63, 3.8) is 0 Å². The zero-order valence-corrected chi connectivity index (χ0v) is 11.6. The smallest absolute Gasteiger partial charge is 0.255 e. The molecule has 0 bridgehead atoms. The number of hydrogen-bond donors (Lipinski definition) is 1. The van der Waals surface area contributed by atoms with Crippen LogP contribution >= 0.6 is 34.2 Å². The molecule has 1 aromatic carbocycles. The van der Waals surface area contributed by atoms with Crippen molar-refractivity contribution in [1.82, 2.24) is 5.32 Å². The van der Waals surface area contributed by atoms with Gasteiger partial charge in [0, 0.05) is 10.1 Å². The van der Waals surface area contributed by atoms with Crippen LogP contribution in [0, 0.1) is 3.57 Å². The van der Waals surface area contributed by atoms with Crippen molar-refractivity contribution in [1.29, 1.82) is 0 Å². The van der Waals surface area contributed by atoms with E-state index in [1.165, 1.54) is 7.11 Å². The van der Waals surface area contributed by atoms with Gasteiger partial charge in [-0.15, -0.1) is 6.58 Å². The van der Waals surface area contributed by atoms with Gasteiger partial charge in [-0.25, -0.2) is 0 Å². The zero-order chi connectivity index (χ0) is 12.1. The van der Waals surface area contributed by atoms with E-state index in [0.29, 0.717) is 22.9 Å². The lowest BCUT2D eigenvalue weighted by Gasteiger charge is -2.09. The minimum absolute atomic E-state index is 0.227. The second kappa shape index (κ2) is 6.10. The van der Waals surface area contributed by atoms with Gasteiger partial charge in [0.05, 0.1) is 17.7 Å². The van der Waals surface area contributed by atoms with E-state index in [0.717, 1.165) is 3.57 Å². The van der Waals surface area contributed by atoms with E-state index in [2.05, 4.69) is 34.5 Å². The van der Waals surface area contributed by atoms with Crippen LogP contribution in [0.2, 0.25) is 5.02 Å². The molecule has 0 aliphatic carbocycles. The van der Waals surface area contributed by atoms with Crippen molar-refractivity contribution in [2.75, 3.05) is 13.7 Å². The Hall–Kier alpha value is -0.750. The number of hydrogen-bond acceptors (Lipinski definition) is 2. The maximum atomic E-state index is 11.7. The Balaban J connectivity index is 3.06. The fourth-order valence-corrected chi connectivity index (χ4v) is 1.74. The van der Waals surface area contributed by atoms with E-state index in [9.17, 15) is 4.79 Å². The van der Waals surface area contributed by atoms with E-state index in [1.807, 2.05) is 0 Å². The second-order valence-electron chi connectivity index (χ2n) is 2.97. The standard InChI is InChI=1S/C11H11ClINO2/c1-3-4-14-11(15)7-5-8(12)9(13)6-10(7)16-2/h3,5-6H,1,4H2,2H3,(H,14,15). The van der Waals surface area contributed by atoms with E-state index in [1.54, 1.807) is 18.2 Å². The first-order valence-corrected chi connectivity index (χ1v) is 5.98. The highest BCUT2D eigenvalue weighted by Crippen LogP contribution is 2.28. The van der Waals surface area contributed by atoms with Gasteiger partial charge in [-0.05, 0) is 34.7 Å². The molecule has 0 fully saturated rings. The fraction of sp³-hybridized carbons (Fsp3) is 0.182. The predicted molar refractivity (Wildman–Crippen MR) is 73.3 cm³/mol. The normalized spacial score (nSPS) is 9.69. The van der Waals surface area contributed by atoms with Gasteiger partial charge in [0.15, 0.2) is 0 Å². The van der Waals surface area contributed by atoms with Crippen LogP contribution in [0.5, 0.6) is 5.75 Å². The van der Waals surface area contributed by atoms with Crippen molar-refractivity contribution in [3.8, 4) is 5.75 Å². The third-order valence-corrected chi connectivity index (χ3v) is 3.42. The Labute approximate surface area is 113 Å². The molecule has 0 heterocycles. The molecule has 0 aliphatic heterocycles. The molecular weight excluding hydrogens is 340 g/mol. The molecule has 1 aromatic rings. The largest absolute Gasteiger partial charge is 0.496 e. The van der Waals surface area contributed by atoms with Gasteiger partial charge in [0.2, 0.25) is 0 Å². The number of halogens is 2. The molecule has 86 valence electrons. The van der Waals surface area contributed by atoms with Crippen molar-refractivity contribution in [3.05, 3.63) is 38.9 Å². The van der Waals surface area contributed by atoms with Crippen LogP contribution in [-0.4, -0.2) is 19.6 Å². The summed E-state index contributed by atoms with van der Waals surface area (Å²) >= 11 is 8.04. The first kappa shape index (κ1) is 13.3. The van der Waals surface area contributed by atoms with Crippen LogP contribution in [0.1, 0.15) is 10.4 Å². The molecule has 0 aliphatic rings. The number of methoxy groups -OCH3 is 1. The maximum Gasteiger partial charge on any atom is 0.255 e. The fourth-order valence-electron chi connectivity index (χ4n) is 1.14. The Morgan fingerprint density at radius 1 is 1.69 bits per heavy atom. The molecule has 0 saturated heterocycles. The highest BCUT2D eigenvalue weighted by Gasteiger charge is 2.14. The summed E-state index contributed by atoms with van der Waals surface area (Å²) in [6.45, 7) is 3.94. The Kier molecular flexibility index (Phi) is 5.08. The van der Waals surface area contributed by atoms with Gasteiger partial charge >= 0.3 is 0 Å². The summed E-state index contributed by atoms with van der Waals surface area (Å²) in [7, 11) is 1.52. The molecule has 0 atom stereocenters. The number of carbonyl (C=O) groups excluding carboxylic acids is 1. The Bertz CT molecular complexity index is 421. The monoisotopic (exact) mass is 351 g/mol. The van der Waals surface area contributed by atoms with Crippen molar-refractivity contribution < 1.29 is 9.53 Å². The summed E-state index contributed by atoms with van der Waals surface area (Å²) in [5.41, 5.74) is 0.426. The molecule has 0 spiro atoms. The third-order valence-electron chi connectivity index (χ3n) is 1.89. The zero-order valence-electron chi connectivity index (χ0n) is 8.72. The molecule has 1 rings (SSSR count). The third kappa shape index (κ3) is 3.12. The first-order valence-electron chi connectivity index (χ1n) is 4.52. The molecule has 3 nitrogen and oxygen atoms in total. The molecule has 5 heteroatoms. The van der Waals surface area contributed by atoms with Crippen LogP contribution in [-0.2, 0) is 0 Å². The van der Waals surface area contributed by atoms with Gasteiger partial charge in [0.1, 0.15) is 5.75 Å². The van der Waals surface area contributed by atoms with Crippen LogP contribution in [0.25, 0.3) is 0 Å². The van der Waals surface area contributed by atoms with E-state index in [4.69, 9.17) is 16.3 Å². The van der Waals surface area contributed by atoms with Gasteiger partial charge < -0.3 is 10.1 Å². The summed E-state index contributed by atoms with van der Waals surface area (Å²) in [5.74, 6) is 0.283. The maximum absolute atomic E-state index is 11.7. The molecule has 0 aromatic heterocycles. The Morgan fingerprint density at radius 3 is 2.94 bits per heavy atom. The molecule has 16 heavy (non-hydrogen) atoms. The number of rotatable bonds is 4. The van der Waals surface area contributed by atoms with Gasteiger partial charge in [0.25, 0.3) is 5.91 Å². The van der Waals surface area contributed by atoms with Crippen LogP contribution in [0.4, 0.5) is 0 Å². The summed E-state index contributed by atoms with van der Waals surface area (Å²) in [5, 5.41) is 3.20. The number of amides is 1. The second-order valence-corrected chi connectivity index (χ2v) is 4.53. The number of benzene rings is 1. The minimum Gasteiger partial charge on any atom is -0.496 e. The number of nitrogens with one attached hydrogen (secondary N) is 1. The van der Waals surface area contributed by atoms with Gasteiger partial charge in [-0.1, -0.05) is 17.7 Å². The van der Waals surface area contributed by atoms with Gasteiger partial charge in [-0.2, -0.15) is 0 Å². The lowest BCUT2D eigenvalue weighted by molar-refractivity contribution is 0.0955. The van der Waals surface area contributed by atoms with E-state index >= 15 is 0 Å². The average Bonchev–Trinajstić information content (AvgIpc) is 2.28. The quantitative estimate of drug-likeness (QED) is 0.669. The molecular formula is C11H11ClINO2. The highest BCUT2D eigenvalue weighted by molar-refractivity contribution is 14.1. The predicted octanol–water partition coefficient (Wildman–Crippen LogP) is 2.87. The molecule has 1 N–H and O–H groups in total. The summed E-state index contributed by atoms with van der Waals surface area (Å²) < 4.78 is 5.98. The first-order chi connectivity index (χ1) is 7.60. The average molecular weight is 352 g/mol. The van der Waals surface area contributed by atoms with Crippen molar-refractivity contribution in [2.24, 2.45) is 0 Å². The van der Waals surface area contributed by atoms with Gasteiger partial charge in [-0.3, -0.25) is 4.79 Å². The molecule has 0 unspecified atom stereocenters. The molecule has 0 radical (unpaired) electrons. The van der Waals surface area contributed by atoms with E-state index in [-0.39, 0.29) is 5.91 Å².